The molecule has 2 aliphatic heterocycles. The van der Waals surface area contributed by atoms with Crippen LogP contribution < -0.4 is 9.80 Å². The van der Waals surface area contributed by atoms with Crippen LogP contribution in [-0.4, -0.2) is 68.9 Å². The molecule has 200 valence electrons. The maximum atomic E-state index is 15.4. The van der Waals surface area contributed by atoms with Gasteiger partial charge in [-0.3, -0.25) is 0 Å². The average Bonchev–Trinajstić information content (AvgIpc) is 3.09. The lowest BCUT2D eigenvalue weighted by Crippen LogP contribution is -2.47. The Morgan fingerprint density at radius 1 is 1.03 bits per heavy atom. The number of piperidine rings is 1. The molecule has 9 nitrogen and oxygen atoms in total. The van der Waals surface area contributed by atoms with Gasteiger partial charge in [0.15, 0.2) is 0 Å². The van der Waals surface area contributed by atoms with Gasteiger partial charge in [-0.1, -0.05) is 6.08 Å². The Bertz CT molecular complexity index is 1130. The first-order chi connectivity index (χ1) is 17.5. The zero-order valence-corrected chi connectivity index (χ0v) is 22.1. The number of ether oxygens (including phenoxy) is 3. The number of carbonyl (C=O) groups is 3. The quantitative estimate of drug-likeness (QED) is 0.427. The second-order valence-electron chi connectivity index (χ2n) is 9.76. The number of hydrogen-bond donors (Lipinski definition) is 0. The summed E-state index contributed by atoms with van der Waals surface area (Å²) in [6.45, 7) is 6.51. The lowest BCUT2D eigenvalue weighted by Gasteiger charge is -2.38. The van der Waals surface area contributed by atoms with Gasteiger partial charge in [-0.25, -0.2) is 18.8 Å². The molecule has 3 rings (SSSR count). The number of anilines is 2. The molecule has 1 amide bonds. The third-order valence-electron chi connectivity index (χ3n) is 6.14. The number of allylic oxidation sites excluding steroid dienone is 2. The lowest BCUT2D eigenvalue weighted by molar-refractivity contribution is -0.139. The smallest absolute Gasteiger partial charge is 0.410 e. The van der Waals surface area contributed by atoms with Crippen LogP contribution in [0.3, 0.4) is 0 Å². The number of carbonyl (C=O) groups excluding carboxylic acids is 3. The molecule has 0 bridgehead atoms. The van der Waals surface area contributed by atoms with E-state index in [0.717, 1.165) is 0 Å². The van der Waals surface area contributed by atoms with Crippen molar-refractivity contribution in [3.63, 3.8) is 0 Å². The van der Waals surface area contributed by atoms with Crippen LogP contribution in [0.4, 0.5) is 20.6 Å². The molecule has 0 saturated carbocycles. The first-order valence-corrected chi connectivity index (χ1v) is 12.0. The fraction of sp³-hybridized carbons (Fsp3) is 0.444. The predicted molar refractivity (Wildman–Crippen MR) is 137 cm³/mol. The standard InChI is InChI=1S/C27H34FN3O6/c1-27(2,3)37-26(34)30-15-12-18(13-16-30)29(4)22-11-10-19(17-21(22)28)31-14-8-7-9-20(24(32)35-5)23(31)25(33)36-6/h7-11,14,17-18H,12-13,15-16H2,1-6H3. The molecule has 0 unspecified atom stereocenters. The van der Waals surface area contributed by atoms with E-state index in [1.807, 2.05) is 32.7 Å². The van der Waals surface area contributed by atoms with Gasteiger partial charge in [0.05, 0.1) is 25.5 Å². The Morgan fingerprint density at radius 3 is 2.24 bits per heavy atom. The zero-order valence-electron chi connectivity index (χ0n) is 22.1. The molecule has 2 heterocycles. The lowest BCUT2D eigenvalue weighted by atomic mass is 10.0. The minimum Gasteiger partial charge on any atom is -0.465 e. The van der Waals surface area contributed by atoms with Gasteiger partial charge in [0.1, 0.15) is 17.1 Å². The van der Waals surface area contributed by atoms with Crippen molar-refractivity contribution in [2.45, 2.75) is 45.3 Å². The summed E-state index contributed by atoms with van der Waals surface area (Å²) in [4.78, 5) is 42.2. The third-order valence-corrected chi connectivity index (χ3v) is 6.14. The van der Waals surface area contributed by atoms with E-state index in [1.165, 1.54) is 31.3 Å². The molecule has 0 aromatic heterocycles. The molecule has 0 atom stereocenters. The van der Waals surface area contributed by atoms with Crippen LogP contribution in [0.2, 0.25) is 0 Å². The normalized spacial score (nSPS) is 16.4. The minimum absolute atomic E-state index is 0.0160. The highest BCUT2D eigenvalue weighted by molar-refractivity contribution is 6.05. The molecular weight excluding hydrogens is 481 g/mol. The van der Waals surface area contributed by atoms with Crippen molar-refractivity contribution in [1.29, 1.82) is 0 Å². The van der Waals surface area contributed by atoms with E-state index in [4.69, 9.17) is 14.2 Å². The van der Waals surface area contributed by atoms with Crippen molar-refractivity contribution in [2.75, 3.05) is 44.2 Å². The van der Waals surface area contributed by atoms with E-state index in [1.54, 1.807) is 35.4 Å². The Hall–Kier alpha value is -3.82. The van der Waals surface area contributed by atoms with Gasteiger partial charge in [-0.15, -0.1) is 0 Å². The molecule has 1 aromatic carbocycles. The highest BCUT2D eigenvalue weighted by Crippen LogP contribution is 2.32. The molecule has 1 aromatic rings. The van der Waals surface area contributed by atoms with Gasteiger partial charge in [0.2, 0.25) is 0 Å². The second kappa shape index (κ2) is 11.5. The Kier molecular flexibility index (Phi) is 8.62. The number of nitrogens with zero attached hydrogens (tertiary/aromatic N) is 3. The van der Waals surface area contributed by atoms with Gasteiger partial charge in [0.25, 0.3) is 0 Å². The molecule has 0 radical (unpaired) electrons. The first-order valence-electron chi connectivity index (χ1n) is 12.0. The summed E-state index contributed by atoms with van der Waals surface area (Å²) >= 11 is 0. The monoisotopic (exact) mass is 515 g/mol. The van der Waals surface area contributed by atoms with Crippen LogP contribution in [0.1, 0.15) is 33.6 Å². The number of esters is 2. The fourth-order valence-electron chi connectivity index (χ4n) is 4.26. The van der Waals surface area contributed by atoms with E-state index in [9.17, 15) is 14.4 Å². The van der Waals surface area contributed by atoms with Crippen LogP contribution in [0.15, 0.2) is 53.9 Å². The van der Waals surface area contributed by atoms with Gasteiger partial charge in [0, 0.05) is 44.1 Å². The average molecular weight is 516 g/mol. The van der Waals surface area contributed by atoms with Crippen LogP contribution in [-0.2, 0) is 23.8 Å². The molecule has 2 aliphatic rings. The van der Waals surface area contributed by atoms with Crippen molar-refractivity contribution in [3.8, 4) is 0 Å². The highest BCUT2D eigenvalue weighted by atomic mass is 19.1. The number of amides is 1. The Balaban J connectivity index is 1.81. The number of hydrogen-bond acceptors (Lipinski definition) is 8. The number of benzene rings is 1. The van der Waals surface area contributed by atoms with Gasteiger partial charge in [-0.2, -0.15) is 0 Å². The minimum atomic E-state index is -0.769. The van der Waals surface area contributed by atoms with Gasteiger partial charge in [-0.05, 0) is 57.9 Å². The Labute approximate surface area is 216 Å². The van der Waals surface area contributed by atoms with E-state index >= 15 is 4.39 Å². The summed E-state index contributed by atoms with van der Waals surface area (Å²) in [6.07, 6.45) is 7.17. The van der Waals surface area contributed by atoms with Crippen LogP contribution in [0.25, 0.3) is 0 Å². The fourth-order valence-corrected chi connectivity index (χ4v) is 4.26. The number of rotatable bonds is 5. The SMILES string of the molecule is COC(=O)C1=C(C(=O)OC)N(c2ccc(N(C)C3CCN(C(=O)OC(C)(C)C)CC3)c(F)c2)C=CC=C1. The van der Waals surface area contributed by atoms with Crippen LogP contribution in [0, 0.1) is 5.82 Å². The predicted octanol–water partition coefficient (Wildman–Crippen LogP) is 4.15. The van der Waals surface area contributed by atoms with E-state index in [0.29, 0.717) is 37.3 Å². The molecule has 37 heavy (non-hydrogen) atoms. The summed E-state index contributed by atoms with van der Waals surface area (Å²) < 4.78 is 30.6. The van der Waals surface area contributed by atoms with Crippen molar-refractivity contribution >= 4 is 29.4 Å². The summed E-state index contributed by atoms with van der Waals surface area (Å²) in [7, 11) is 4.23. The van der Waals surface area contributed by atoms with Gasteiger partial charge < -0.3 is 28.9 Å². The van der Waals surface area contributed by atoms with Crippen molar-refractivity contribution < 1.29 is 33.0 Å². The van der Waals surface area contributed by atoms with Gasteiger partial charge >= 0.3 is 18.0 Å². The van der Waals surface area contributed by atoms with Crippen molar-refractivity contribution in [3.05, 3.63) is 59.7 Å². The number of likely N-dealkylation sites (tertiary alicyclic amines) is 1. The number of halogens is 1. The Morgan fingerprint density at radius 2 is 1.68 bits per heavy atom. The van der Waals surface area contributed by atoms with E-state index in [-0.39, 0.29) is 23.4 Å². The molecular formula is C27H34FN3O6. The molecule has 0 spiro atoms. The maximum Gasteiger partial charge on any atom is 0.410 e. The van der Waals surface area contributed by atoms with Crippen LogP contribution in [0.5, 0.6) is 0 Å². The van der Waals surface area contributed by atoms with Crippen LogP contribution >= 0.6 is 0 Å². The number of methoxy groups -OCH3 is 2. The second-order valence-corrected chi connectivity index (χ2v) is 9.76. The summed E-state index contributed by atoms with van der Waals surface area (Å²) in [6, 6.07) is 4.62. The largest absolute Gasteiger partial charge is 0.465 e. The highest BCUT2D eigenvalue weighted by Gasteiger charge is 2.31. The van der Waals surface area contributed by atoms with E-state index in [2.05, 4.69) is 0 Å². The van der Waals surface area contributed by atoms with Crippen molar-refractivity contribution in [1.82, 2.24) is 4.90 Å². The molecule has 0 aliphatic carbocycles. The summed E-state index contributed by atoms with van der Waals surface area (Å²) in [5, 5.41) is 0. The molecule has 0 N–H and O–H groups in total. The molecule has 10 heteroatoms. The van der Waals surface area contributed by atoms with E-state index < -0.39 is 23.4 Å². The first kappa shape index (κ1) is 27.8. The molecule has 1 saturated heterocycles. The summed E-state index contributed by atoms with van der Waals surface area (Å²) in [5.41, 5.74) is 0.0470. The summed E-state index contributed by atoms with van der Waals surface area (Å²) in [5.74, 6) is -1.99. The van der Waals surface area contributed by atoms with Crippen molar-refractivity contribution in [2.24, 2.45) is 0 Å². The topological polar surface area (TPSA) is 88.6 Å². The third kappa shape index (κ3) is 6.49. The molecule has 1 fully saturated rings. The maximum absolute atomic E-state index is 15.4. The zero-order chi connectivity index (χ0) is 27.3.